The van der Waals surface area contributed by atoms with Crippen LogP contribution in [0.25, 0.3) is 11.0 Å². The summed E-state index contributed by atoms with van der Waals surface area (Å²) in [4.78, 5) is 7.45. The van der Waals surface area contributed by atoms with Crippen LogP contribution in [0, 0.1) is 11.3 Å². The number of aromatic nitrogens is 4. The van der Waals surface area contributed by atoms with Gasteiger partial charge in [0.15, 0.2) is 0 Å². The van der Waals surface area contributed by atoms with E-state index >= 15 is 0 Å². The third-order valence-corrected chi connectivity index (χ3v) is 3.21. The molecule has 3 aromatic rings. The van der Waals surface area contributed by atoms with E-state index in [4.69, 9.17) is 16.9 Å². The summed E-state index contributed by atoms with van der Waals surface area (Å²) < 4.78 is 1.75. The van der Waals surface area contributed by atoms with Crippen LogP contribution in [0.3, 0.4) is 0 Å². The summed E-state index contributed by atoms with van der Waals surface area (Å²) in [6.07, 6.45) is 6.02. The van der Waals surface area contributed by atoms with Gasteiger partial charge in [-0.25, -0.2) is 4.98 Å². The summed E-state index contributed by atoms with van der Waals surface area (Å²) >= 11 is 6.23. The van der Waals surface area contributed by atoms with E-state index in [-0.39, 0.29) is 0 Å². The fourth-order valence-corrected chi connectivity index (χ4v) is 2.40. The zero-order valence-electron chi connectivity index (χ0n) is 10.2. The van der Waals surface area contributed by atoms with Crippen molar-refractivity contribution < 1.29 is 0 Å². The summed E-state index contributed by atoms with van der Waals surface area (Å²) in [5, 5.41) is 14.3. The van der Waals surface area contributed by atoms with Gasteiger partial charge in [0.05, 0.1) is 22.2 Å². The molecule has 0 aliphatic rings. The van der Waals surface area contributed by atoms with Gasteiger partial charge in [0.25, 0.3) is 0 Å². The molecule has 3 aromatic heterocycles. The molecule has 5 nitrogen and oxygen atoms in total. The first-order chi connectivity index (χ1) is 9.17. The van der Waals surface area contributed by atoms with Crippen molar-refractivity contribution in [1.29, 1.82) is 5.26 Å². The second kappa shape index (κ2) is 4.41. The van der Waals surface area contributed by atoms with Gasteiger partial charge in [-0.3, -0.25) is 4.68 Å². The molecular weight excluding hydrogens is 262 g/mol. The highest BCUT2D eigenvalue weighted by molar-refractivity contribution is 6.35. The van der Waals surface area contributed by atoms with Crippen molar-refractivity contribution in [3.8, 4) is 6.07 Å². The second-order valence-electron chi connectivity index (χ2n) is 4.33. The highest BCUT2D eigenvalue weighted by atomic mass is 35.5. The monoisotopic (exact) mass is 271 g/mol. The standard InChI is InChI=1S/C13H10ClN5/c1-19-7-8(5-17-19)2-10-3-11(14)12-9(4-15)6-16-13(12)18-10/h3,5-7H,2H2,1H3,(H,16,18). The SMILES string of the molecule is Cn1cc(Cc2cc(Cl)c3c(C#N)c[nH]c3n2)cn1. The minimum absolute atomic E-state index is 0.514. The van der Waals surface area contributed by atoms with Gasteiger partial charge in [-0.15, -0.1) is 0 Å². The number of pyridine rings is 1. The third-order valence-electron chi connectivity index (χ3n) is 2.91. The Kier molecular flexibility index (Phi) is 2.73. The van der Waals surface area contributed by atoms with E-state index in [1.807, 2.05) is 13.2 Å². The molecule has 0 fully saturated rings. The first-order valence-electron chi connectivity index (χ1n) is 5.71. The van der Waals surface area contributed by atoms with Crippen LogP contribution in [0.4, 0.5) is 0 Å². The highest BCUT2D eigenvalue weighted by Crippen LogP contribution is 2.26. The first kappa shape index (κ1) is 11.8. The quantitative estimate of drug-likeness (QED) is 0.778. The number of rotatable bonds is 2. The minimum Gasteiger partial charge on any atom is -0.345 e. The number of hydrogen-bond acceptors (Lipinski definition) is 3. The number of aromatic amines is 1. The Morgan fingerprint density at radius 3 is 3.05 bits per heavy atom. The molecule has 94 valence electrons. The summed E-state index contributed by atoms with van der Waals surface area (Å²) in [6, 6.07) is 3.89. The molecule has 6 heteroatoms. The number of fused-ring (bicyclic) bond motifs is 1. The normalized spacial score (nSPS) is 10.8. The van der Waals surface area contributed by atoms with E-state index in [1.165, 1.54) is 0 Å². The molecule has 0 saturated heterocycles. The largest absolute Gasteiger partial charge is 0.345 e. The van der Waals surface area contributed by atoms with E-state index in [1.54, 1.807) is 23.1 Å². The Hall–Kier alpha value is -2.32. The van der Waals surface area contributed by atoms with Gasteiger partial charge in [-0.1, -0.05) is 11.6 Å². The van der Waals surface area contributed by atoms with Crippen molar-refractivity contribution in [2.45, 2.75) is 6.42 Å². The number of nitrogens with zero attached hydrogens (tertiary/aromatic N) is 4. The molecule has 0 atom stereocenters. The van der Waals surface area contributed by atoms with Gasteiger partial charge in [0, 0.05) is 31.6 Å². The first-order valence-corrected chi connectivity index (χ1v) is 6.09. The lowest BCUT2D eigenvalue weighted by molar-refractivity contribution is 0.767. The molecule has 0 spiro atoms. The zero-order valence-corrected chi connectivity index (χ0v) is 10.9. The predicted octanol–water partition coefficient (Wildman–Crippen LogP) is 2.41. The zero-order chi connectivity index (χ0) is 13.4. The Morgan fingerprint density at radius 2 is 2.37 bits per heavy atom. The molecule has 0 aromatic carbocycles. The molecule has 19 heavy (non-hydrogen) atoms. The molecular formula is C13H10ClN5. The highest BCUT2D eigenvalue weighted by Gasteiger charge is 2.11. The van der Waals surface area contributed by atoms with Crippen LogP contribution < -0.4 is 0 Å². The molecule has 0 saturated carbocycles. The maximum absolute atomic E-state index is 8.99. The summed E-state index contributed by atoms with van der Waals surface area (Å²) in [6.45, 7) is 0. The van der Waals surface area contributed by atoms with Crippen LogP contribution in [0.1, 0.15) is 16.8 Å². The van der Waals surface area contributed by atoms with Crippen LogP contribution in [-0.2, 0) is 13.5 Å². The van der Waals surface area contributed by atoms with Crippen LogP contribution in [0.2, 0.25) is 5.02 Å². The van der Waals surface area contributed by atoms with Crippen LogP contribution in [-0.4, -0.2) is 19.7 Å². The molecule has 0 amide bonds. The van der Waals surface area contributed by atoms with Crippen LogP contribution in [0.5, 0.6) is 0 Å². The van der Waals surface area contributed by atoms with Gasteiger partial charge in [0.2, 0.25) is 0 Å². The maximum atomic E-state index is 8.99. The molecule has 1 N–H and O–H groups in total. The molecule has 0 radical (unpaired) electrons. The van der Waals surface area contributed by atoms with Crippen molar-refractivity contribution in [2.75, 3.05) is 0 Å². The number of nitrogens with one attached hydrogen (secondary N) is 1. The summed E-state index contributed by atoms with van der Waals surface area (Å²) in [5.41, 5.74) is 3.07. The fraction of sp³-hybridized carbons (Fsp3) is 0.154. The van der Waals surface area contributed by atoms with Crippen molar-refractivity contribution in [1.82, 2.24) is 19.7 Å². The number of nitriles is 1. The Labute approximate surface area is 114 Å². The van der Waals surface area contributed by atoms with E-state index in [9.17, 15) is 0 Å². The lowest BCUT2D eigenvalue weighted by atomic mass is 10.1. The summed E-state index contributed by atoms with van der Waals surface area (Å²) in [7, 11) is 1.87. The van der Waals surface area contributed by atoms with E-state index in [0.717, 1.165) is 11.3 Å². The third kappa shape index (κ3) is 2.07. The van der Waals surface area contributed by atoms with Crippen molar-refractivity contribution in [3.63, 3.8) is 0 Å². The fourth-order valence-electron chi connectivity index (χ4n) is 2.09. The molecule has 3 heterocycles. The van der Waals surface area contributed by atoms with Crippen molar-refractivity contribution in [3.05, 3.63) is 46.5 Å². The van der Waals surface area contributed by atoms with Gasteiger partial charge in [0.1, 0.15) is 11.7 Å². The Morgan fingerprint density at radius 1 is 1.53 bits per heavy atom. The van der Waals surface area contributed by atoms with Crippen LogP contribution in [0.15, 0.2) is 24.7 Å². The number of halogens is 1. The Bertz CT molecular complexity index is 793. The predicted molar refractivity (Wildman–Crippen MR) is 71.8 cm³/mol. The Balaban J connectivity index is 2.04. The van der Waals surface area contributed by atoms with E-state index in [2.05, 4.69) is 21.1 Å². The molecule has 0 unspecified atom stereocenters. The minimum atomic E-state index is 0.514. The van der Waals surface area contributed by atoms with Crippen molar-refractivity contribution in [2.24, 2.45) is 7.05 Å². The lowest BCUT2D eigenvalue weighted by Crippen LogP contribution is -1.92. The maximum Gasteiger partial charge on any atom is 0.140 e. The van der Waals surface area contributed by atoms with Gasteiger partial charge >= 0.3 is 0 Å². The molecule has 3 rings (SSSR count). The smallest absolute Gasteiger partial charge is 0.140 e. The molecule has 0 aliphatic heterocycles. The van der Waals surface area contributed by atoms with Gasteiger partial charge in [-0.2, -0.15) is 10.4 Å². The number of hydrogen-bond donors (Lipinski definition) is 1. The van der Waals surface area contributed by atoms with Crippen molar-refractivity contribution >= 4 is 22.6 Å². The van der Waals surface area contributed by atoms with E-state index in [0.29, 0.717) is 28.0 Å². The number of aryl methyl sites for hydroxylation is 1. The average molecular weight is 272 g/mol. The average Bonchev–Trinajstić information content (AvgIpc) is 2.96. The van der Waals surface area contributed by atoms with Crippen LogP contribution >= 0.6 is 11.6 Å². The summed E-state index contributed by atoms with van der Waals surface area (Å²) in [5.74, 6) is 0. The second-order valence-corrected chi connectivity index (χ2v) is 4.74. The van der Waals surface area contributed by atoms with Gasteiger partial charge < -0.3 is 4.98 Å². The topological polar surface area (TPSA) is 70.3 Å². The molecule has 0 aliphatic carbocycles. The van der Waals surface area contributed by atoms with Gasteiger partial charge in [-0.05, 0) is 11.6 Å². The lowest BCUT2D eigenvalue weighted by Gasteiger charge is -2.01. The molecule has 0 bridgehead atoms. The number of H-pyrrole nitrogens is 1. The van der Waals surface area contributed by atoms with E-state index < -0.39 is 0 Å².